The summed E-state index contributed by atoms with van der Waals surface area (Å²) in [6, 6.07) is 1.66. The van der Waals surface area contributed by atoms with Crippen molar-refractivity contribution in [2.75, 3.05) is 14.1 Å². The normalized spacial score (nSPS) is 38.1. The van der Waals surface area contributed by atoms with Crippen molar-refractivity contribution in [3.8, 4) is 5.75 Å². The number of carbonyl (C=O) groups is 5. The number of hydrogen-bond acceptors (Lipinski definition) is 9. The summed E-state index contributed by atoms with van der Waals surface area (Å²) in [5, 5.41) is 33.4. The molecule has 3 aliphatic carbocycles. The van der Waals surface area contributed by atoms with E-state index in [1.165, 1.54) is 25.1 Å². The third-order valence-corrected chi connectivity index (χ3v) is 7.57. The number of nitrogens with two attached hydrogens (primary N) is 1. The maximum absolute atomic E-state index is 13.7. The van der Waals surface area contributed by atoms with E-state index in [-0.39, 0.29) is 11.3 Å². The van der Waals surface area contributed by atoms with Crippen molar-refractivity contribution in [3.05, 3.63) is 28.8 Å². The van der Waals surface area contributed by atoms with E-state index in [2.05, 4.69) is 0 Å². The molecule has 3 aliphatic rings. The van der Waals surface area contributed by atoms with Gasteiger partial charge in [-0.25, -0.2) is 0 Å². The van der Waals surface area contributed by atoms with E-state index in [0.717, 1.165) is 0 Å². The lowest BCUT2D eigenvalue weighted by Crippen LogP contribution is -2.77. The van der Waals surface area contributed by atoms with Gasteiger partial charge in [0.1, 0.15) is 5.75 Å². The predicted octanol–water partition coefficient (Wildman–Crippen LogP) is -1.29. The van der Waals surface area contributed by atoms with Gasteiger partial charge >= 0.3 is 0 Å². The number of aliphatic hydroxyl groups is 2. The monoisotopic (exact) mass is 458 g/mol. The van der Waals surface area contributed by atoms with E-state index in [1.807, 2.05) is 0 Å². The van der Waals surface area contributed by atoms with Crippen molar-refractivity contribution >= 4 is 29.0 Å². The minimum Gasteiger partial charge on any atom is -0.507 e. The zero-order chi connectivity index (χ0) is 24.7. The summed E-state index contributed by atoms with van der Waals surface area (Å²) in [6.07, 6.45) is -1.62. The van der Waals surface area contributed by atoms with Crippen LogP contribution in [0.1, 0.15) is 34.3 Å². The molecule has 10 nitrogen and oxygen atoms in total. The van der Waals surface area contributed by atoms with Crippen molar-refractivity contribution in [1.29, 1.82) is 0 Å². The molecule has 1 aromatic rings. The lowest BCUT2D eigenvalue weighted by Gasteiger charge is -2.56. The first-order valence-corrected chi connectivity index (χ1v) is 10.6. The Hall–Kier alpha value is -2.95. The number of benzene rings is 1. The summed E-state index contributed by atoms with van der Waals surface area (Å²) in [5.41, 5.74) is 3.28. The van der Waals surface area contributed by atoms with Crippen LogP contribution >= 0.6 is 0 Å². The lowest BCUT2D eigenvalue weighted by molar-refractivity contribution is -0.196. The molecule has 8 atom stereocenters. The summed E-state index contributed by atoms with van der Waals surface area (Å²) in [6.45, 7) is 3.39. The number of nitrogens with zero attached hydrogens (tertiary/aromatic N) is 1. The molecular formula is C23H26N2O8. The fourth-order valence-electron chi connectivity index (χ4n) is 6.17. The summed E-state index contributed by atoms with van der Waals surface area (Å²) in [5.74, 6) is -13.1. The molecule has 0 saturated heterocycles. The Labute approximate surface area is 189 Å². The van der Waals surface area contributed by atoms with E-state index in [4.69, 9.17) is 5.73 Å². The Morgan fingerprint density at radius 1 is 1.12 bits per heavy atom. The molecule has 1 amide bonds. The van der Waals surface area contributed by atoms with Gasteiger partial charge in [0.15, 0.2) is 34.7 Å². The van der Waals surface area contributed by atoms with Gasteiger partial charge in [-0.15, -0.1) is 0 Å². The standard InChI is InChI=1S/C23H26N2O8/c1-7-5-9-8(2)11-13(17(27)12(9)10(26)6-7)20(30)23(33)15(18(11)28)16(25(3)4)19(29)14(21(23)31)22(24)32/h5-6,8,11,13-16,18,26,28,33H,1-4H3,(H2,24,32)/t8-,11+,13?,14?,15+,16-,18-,23-/m1/s1. The van der Waals surface area contributed by atoms with Crippen LogP contribution in [0, 0.1) is 30.6 Å². The van der Waals surface area contributed by atoms with Crippen molar-refractivity contribution in [3.63, 3.8) is 0 Å². The van der Waals surface area contributed by atoms with E-state index in [9.17, 15) is 39.3 Å². The van der Waals surface area contributed by atoms with Gasteiger partial charge in [0, 0.05) is 5.92 Å². The summed E-state index contributed by atoms with van der Waals surface area (Å²) >= 11 is 0. The van der Waals surface area contributed by atoms with Gasteiger partial charge in [0.05, 0.1) is 29.5 Å². The highest BCUT2D eigenvalue weighted by Crippen LogP contribution is 2.54. The van der Waals surface area contributed by atoms with Crippen molar-refractivity contribution in [2.24, 2.45) is 29.4 Å². The van der Waals surface area contributed by atoms with Crippen LogP contribution in [0.25, 0.3) is 0 Å². The first kappa shape index (κ1) is 23.2. The summed E-state index contributed by atoms with van der Waals surface area (Å²) in [4.78, 5) is 66.7. The molecule has 176 valence electrons. The number of primary amides is 1. The maximum Gasteiger partial charge on any atom is 0.235 e. The number of phenols is 1. The topological polar surface area (TPSA) is 175 Å². The number of hydrogen-bond donors (Lipinski definition) is 4. The van der Waals surface area contributed by atoms with Crippen LogP contribution < -0.4 is 5.73 Å². The number of carbonyl (C=O) groups excluding carboxylic acids is 5. The Bertz CT molecular complexity index is 1130. The van der Waals surface area contributed by atoms with Crippen LogP contribution in [0.2, 0.25) is 0 Å². The zero-order valence-corrected chi connectivity index (χ0v) is 18.6. The van der Waals surface area contributed by atoms with Gasteiger partial charge in [0.25, 0.3) is 0 Å². The third kappa shape index (κ3) is 2.81. The predicted molar refractivity (Wildman–Crippen MR) is 112 cm³/mol. The van der Waals surface area contributed by atoms with Crippen LogP contribution in [-0.2, 0) is 19.2 Å². The molecule has 4 rings (SSSR count). The molecule has 1 aromatic carbocycles. The van der Waals surface area contributed by atoms with Crippen LogP contribution in [0.15, 0.2) is 12.1 Å². The number of rotatable bonds is 2. The molecular weight excluding hydrogens is 432 g/mol. The Morgan fingerprint density at radius 3 is 2.27 bits per heavy atom. The van der Waals surface area contributed by atoms with Crippen molar-refractivity contribution in [1.82, 2.24) is 4.90 Å². The number of fused-ring (bicyclic) bond motifs is 3. The summed E-state index contributed by atoms with van der Waals surface area (Å²) in [7, 11) is 2.90. The van der Waals surface area contributed by atoms with Crippen molar-refractivity contribution in [2.45, 2.75) is 37.5 Å². The lowest BCUT2D eigenvalue weighted by atomic mass is 9.49. The maximum atomic E-state index is 13.7. The Kier molecular flexibility index (Phi) is 5.12. The third-order valence-electron chi connectivity index (χ3n) is 7.57. The number of phenolic OH excluding ortho intramolecular Hbond substituents is 1. The second kappa shape index (κ2) is 7.28. The van der Waals surface area contributed by atoms with E-state index < -0.39 is 76.4 Å². The average molecular weight is 458 g/mol. The number of ketones is 4. The minimum atomic E-state index is -2.98. The molecule has 0 aliphatic heterocycles. The largest absolute Gasteiger partial charge is 0.507 e. The smallest absolute Gasteiger partial charge is 0.235 e. The number of aliphatic hydroxyl groups excluding tert-OH is 1. The molecule has 0 bridgehead atoms. The molecule has 2 fully saturated rings. The highest BCUT2D eigenvalue weighted by molar-refractivity contribution is 6.32. The number of amides is 1. The highest BCUT2D eigenvalue weighted by Gasteiger charge is 2.72. The van der Waals surface area contributed by atoms with Gasteiger partial charge in [-0.3, -0.25) is 28.9 Å². The van der Waals surface area contributed by atoms with Gasteiger partial charge in [-0.1, -0.05) is 13.0 Å². The molecule has 0 spiro atoms. The Balaban J connectivity index is 1.97. The van der Waals surface area contributed by atoms with Gasteiger partial charge in [0.2, 0.25) is 5.91 Å². The van der Waals surface area contributed by atoms with Gasteiger partial charge in [-0.05, 0) is 44.1 Å². The van der Waals surface area contributed by atoms with Gasteiger partial charge in [-0.2, -0.15) is 0 Å². The van der Waals surface area contributed by atoms with Gasteiger partial charge < -0.3 is 21.1 Å². The quantitative estimate of drug-likeness (QED) is 0.393. The van der Waals surface area contributed by atoms with Crippen molar-refractivity contribution < 1.29 is 39.3 Å². The first-order valence-electron chi connectivity index (χ1n) is 10.6. The SMILES string of the molecule is Cc1cc(O)c2c(c1)[C@@H](C)[C@H]1C(C2=O)C(=O)[C@@]2(O)C(=O)C(C(N)=O)C(=O)[C@H](N(C)C)[C@H]2[C@@H]1O. The average Bonchev–Trinajstić information content (AvgIpc) is 2.70. The number of aryl methyl sites for hydroxylation is 1. The van der Waals surface area contributed by atoms with E-state index in [1.54, 1.807) is 19.9 Å². The fourth-order valence-corrected chi connectivity index (χ4v) is 6.17. The van der Waals surface area contributed by atoms with Crippen LogP contribution in [0.3, 0.4) is 0 Å². The second-order valence-electron chi connectivity index (χ2n) is 9.61. The first-order chi connectivity index (χ1) is 15.3. The minimum absolute atomic E-state index is 0.105. The molecule has 33 heavy (non-hydrogen) atoms. The molecule has 2 saturated carbocycles. The molecule has 0 aromatic heterocycles. The van der Waals surface area contributed by atoms with E-state index >= 15 is 0 Å². The van der Waals surface area contributed by atoms with Crippen LogP contribution in [0.4, 0.5) is 0 Å². The van der Waals surface area contributed by atoms with Crippen LogP contribution in [-0.4, -0.2) is 81.1 Å². The molecule has 2 unspecified atom stereocenters. The fraction of sp³-hybridized carbons (Fsp3) is 0.522. The summed E-state index contributed by atoms with van der Waals surface area (Å²) < 4.78 is 0. The Morgan fingerprint density at radius 2 is 1.73 bits per heavy atom. The highest BCUT2D eigenvalue weighted by atomic mass is 16.3. The number of likely N-dealkylation sites (N-methyl/N-ethyl adjacent to an activating group) is 1. The van der Waals surface area contributed by atoms with E-state index in [0.29, 0.717) is 11.1 Å². The number of aromatic hydroxyl groups is 1. The molecule has 0 heterocycles. The molecule has 0 radical (unpaired) electrons. The van der Waals surface area contributed by atoms with Crippen LogP contribution in [0.5, 0.6) is 5.75 Å². The molecule has 10 heteroatoms. The molecule has 5 N–H and O–H groups in total. The number of Topliss-reactive ketones (excluding diaryl/α,β-unsaturated/α-hetero) is 4. The second-order valence-corrected chi connectivity index (χ2v) is 9.61. The zero-order valence-electron chi connectivity index (χ0n) is 18.6.